The molecule has 0 bridgehead atoms. The number of thiazole rings is 1. The van der Waals surface area contributed by atoms with Gasteiger partial charge in [-0.15, -0.1) is 11.3 Å². The summed E-state index contributed by atoms with van der Waals surface area (Å²) in [5.41, 5.74) is 1.02. The Balaban J connectivity index is 2.11. The molecule has 16 heavy (non-hydrogen) atoms. The molecule has 1 aromatic heterocycles. The van der Waals surface area contributed by atoms with Crippen molar-refractivity contribution < 1.29 is 9.90 Å². The van der Waals surface area contributed by atoms with Crippen molar-refractivity contribution in [3.8, 4) is 5.75 Å². The molecule has 0 amide bonds. The highest BCUT2D eigenvalue weighted by Crippen LogP contribution is 2.19. The van der Waals surface area contributed by atoms with E-state index < -0.39 is 0 Å². The van der Waals surface area contributed by atoms with E-state index in [4.69, 9.17) is 0 Å². The first-order valence-corrected chi connectivity index (χ1v) is 5.74. The summed E-state index contributed by atoms with van der Waals surface area (Å²) < 4.78 is 0. The second-order valence-corrected chi connectivity index (χ2v) is 4.64. The lowest BCUT2D eigenvalue weighted by atomic mass is 10.1. The number of aromatic hydroxyl groups is 1. The van der Waals surface area contributed by atoms with Gasteiger partial charge in [0, 0.05) is 23.9 Å². The first-order chi connectivity index (χ1) is 7.78. The number of aldehydes is 1. The van der Waals surface area contributed by atoms with Gasteiger partial charge in [-0.3, -0.25) is 0 Å². The zero-order valence-corrected chi connectivity index (χ0v) is 9.41. The van der Waals surface area contributed by atoms with Crippen LogP contribution in [0.5, 0.6) is 5.75 Å². The van der Waals surface area contributed by atoms with Gasteiger partial charge >= 0.3 is 0 Å². The average molecular weight is 233 g/mol. The Labute approximate surface area is 97.4 Å². The Morgan fingerprint density at radius 1 is 1.44 bits per heavy atom. The van der Waals surface area contributed by atoms with Crippen LogP contribution in [0.2, 0.25) is 0 Å². The third kappa shape index (κ3) is 2.67. The Bertz CT molecular complexity index is 493. The molecule has 0 aliphatic rings. The van der Waals surface area contributed by atoms with Crippen LogP contribution in [-0.2, 0) is 17.6 Å². The van der Waals surface area contributed by atoms with Crippen LogP contribution in [-0.4, -0.2) is 16.4 Å². The summed E-state index contributed by atoms with van der Waals surface area (Å²) in [6.45, 7) is 0. The van der Waals surface area contributed by atoms with Crippen molar-refractivity contribution >= 4 is 17.6 Å². The van der Waals surface area contributed by atoms with Crippen molar-refractivity contribution in [3.63, 3.8) is 0 Å². The predicted octanol–water partition coefficient (Wildman–Crippen LogP) is 2.18. The molecule has 0 saturated heterocycles. The first kappa shape index (κ1) is 10.8. The van der Waals surface area contributed by atoms with E-state index in [1.165, 1.54) is 11.3 Å². The number of nitrogens with zero attached hydrogens (tertiary/aromatic N) is 1. The summed E-state index contributed by atoms with van der Waals surface area (Å²) in [6, 6.07) is 7.12. The maximum atomic E-state index is 10.3. The van der Waals surface area contributed by atoms with Crippen LogP contribution in [0.1, 0.15) is 15.4 Å². The van der Waals surface area contributed by atoms with E-state index in [1.807, 2.05) is 12.1 Å². The normalized spacial score (nSPS) is 10.2. The van der Waals surface area contributed by atoms with Crippen LogP contribution in [0.25, 0.3) is 0 Å². The van der Waals surface area contributed by atoms with Gasteiger partial charge in [0.05, 0.1) is 5.01 Å². The zero-order chi connectivity index (χ0) is 11.4. The fraction of sp³-hybridized carbons (Fsp3) is 0.167. The standard InChI is InChI=1S/C12H11NO2S/c14-5-4-11-8-13-12(16-11)7-9-2-1-3-10(15)6-9/h1-3,5-6,8,15H,4,7H2. The lowest BCUT2D eigenvalue weighted by Gasteiger charge is -1.98. The van der Waals surface area contributed by atoms with Gasteiger partial charge in [0.25, 0.3) is 0 Å². The van der Waals surface area contributed by atoms with Crippen molar-refractivity contribution in [2.75, 3.05) is 0 Å². The maximum absolute atomic E-state index is 10.3. The number of phenols is 1. The first-order valence-electron chi connectivity index (χ1n) is 4.93. The van der Waals surface area contributed by atoms with Crippen molar-refractivity contribution in [1.29, 1.82) is 0 Å². The lowest BCUT2D eigenvalue weighted by Crippen LogP contribution is -1.85. The molecule has 0 unspecified atom stereocenters. The SMILES string of the molecule is O=CCc1cnc(Cc2cccc(O)c2)s1. The molecule has 0 radical (unpaired) electrons. The number of hydrogen-bond acceptors (Lipinski definition) is 4. The quantitative estimate of drug-likeness (QED) is 0.823. The summed E-state index contributed by atoms with van der Waals surface area (Å²) in [7, 11) is 0. The molecule has 0 aliphatic carbocycles. The number of hydrogen-bond donors (Lipinski definition) is 1. The van der Waals surface area contributed by atoms with Gasteiger partial charge in [-0.1, -0.05) is 12.1 Å². The summed E-state index contributed by atoms with van der Waals surface area (Å²) >= 11 is 1.53. The smallest absolute Gasteiger partial charge is 0.125 e. The predicted molar refractivity (Wildman–Crippen MR) is 62.8 cm³/mol. The van der Waals surface area contributed by atoms with E-state index in [1.54, 1.807) is 18.3 Å². The van der Waals surface area contributed by atoms with Crippen LogP contribution in [0.15, 0.2) is 30.5 Å². The molecular weight excluding hydrogens is 222 g/mol. The van der Waals surface area contributed by atoms with Gasteiger partial charge in [0.15, 0.2) is 0 Å². The summed E-state index contributed by atoms with van der Waals surface area (Å²) in [5.74, 6) is 0.266. The van der Waals surface area contributed by atoms with E-state index in [0.717, 1.165) is 21.7 Å². The molecule has 3 nitrogen and oxygen atoms in total. The highest BCUT2D eigenvalue weighted by atomic mass is 32.1. The Kier molecular flexibility index (Phi) is 3.31. The van der Waals surface area contributed by atoms with E-state index in [9.17, 15) is 9.90 Å². The van der Waals surface area contributed by atoms with Gasteiger partial charge in [0.2, 0.25) is 0 Å². The van der Waals surface area contributed by atoms with Crippen LogP contribution in [0.3, 0.4) is 0 Å². The maximum Gasteiger partial charge on any atom is 0.125 e. The Hall–Kier alpha value is -1.68. The molecule has 0 saturated carbocycles. The highest BCUT2D eigenvalue weighted by molar-refractivity contribution is 7.11. The van der Waals surface area contributed by atoms with Gasteiger partial charge in [-0.25, -0.2) is 4.98 Å². The van der Waals surface area contributed by atoms with Gasteiger partial charge in [-0.05, 0) is 17.7 Å². The number of rotatable bonds is 4. The van der Waals surface area contributed by atoms with E-state index in [0.29, 0.717) is 12.8 Å². The third-order valence-electron chi connectivity index (χ3n) is 2.15. The molecule has 2 rings (SSSR count). The van der Waals surface area contributed by atoms with Crippen LogP contribution < -0.4 is 0 Å². The van der Waals surface area contributed by atoms with Crippen molar-refractivity contribution in [1.82, 2.24) is 4.98 Å². The minimum Gasteiger partial charge on any atom is -0.508 e. The van der Waals surface area contributed by atoms with E-state index >= 15 is 0 Å². The molecule has 0 spiro atoms. The summed E-state index contributed by atoms with van der Waals surface area (Å²) in [6.07, 6.45) is 3.73. The van der Waals surface area contributed by atoms with Gasteiger partial charge in [0.1, 0.15) is 12.0 Å². The van der Waals surface area contributed by atoms with Crippen molar-refractivity contribution in [3.05, 3.63) is 45.9 Å². The average Bonchev–Trinajstić information content (AvgIpc) is 2.66. The Morgan fingerprint density at radius 2 is 2.31 bits per heavy atom. The molecule has 1 N–H and O–H groups in total. The highest BCUT2D eigenvalue weighted by Gasteiger charge is 2.03. The number of benzene rings is 1. The van der Waals surface area contributed by atoms with Gasteiger partial charge < -0.3 is 9.90 Å². The fourth-order valence-corrected chi connectivity index (χ4v) is 2.35. The number of carbonyl (C=O) groups excluding carboxylic acids is 1. The van der Waals surface area contributed by atoms with Crippen molar-refractivity contribution in [2.24, 2.45) is 0 Å². The molecule has 4 heteroatoms. The van der Waals surface area contributed by atoms with Crippen LogP contribution >= 0.6 is 11.3 Å². The molecule has 0 fully saturated rings. The lowest BCUT2D eigenvalue weighted by molar-refractivity contribution is -0.107. The number of aromatic nitrogens is 1. The second kappa shape index (κ2) is 4.90. The van der Waals surface area contributed by atoms with E-state index in [-0.39, 0.29) is 5.75 Å². The van der Waals surface area contributed by atoms with Crippen LogP contribution in [0, 0.1) is 0 Å². The minimum absolute atomic E-state index is 0.266. The fourth-order valence-electron chi connectivity index (χ4n) is 1.45. The third-order valence-corrected chi connectivity index (χ3v) is 3.17. The molecule has 1 aromatic carbocycles. The molecule has 82 valence electrons. The topological polar surface area (TPSA) is 50.2 Å². The second-order valence-electron chi connectivity index (χ2n) is 3.44. The molecule has 2 aromatic rings. The monoisotopic (exact) mass is 233 g/mol. The number of phenolic OH excluding ortho intramolecular Hbond substituents is 1. The number of carbonyl (C=O) groups is 1. The van der Waals surface area contributed by atoms with Gasteiger partial charge in [-0.2, -0.15) is 0 Å². The summed E-state index contributed by atoms with van der Waals surface area (Å²) in [4.78, 5) is 15.5. The molecular formula is C12H11NO2S. The largest absolute Gasteiger partial charge is 0.508 e. The molecule has 1 heterocycles. The van der Waals surface area contributed by atoms with Crippen LogP contribution in [0.4, 0.5) is 0 Å². The summed E-state index contributed by atoms with van der Waals surface area (Å²) in [5, 5.41) is 10.3. The van der Waals surface area contributed by atoms with Crippen molar-refractivity contribution in [2.45, 2.75) is 12.8 Å². The minimum atomic E-state index is 0.266. The Morgan fingerprint density at radius 3 is 3.06 bits per heavy atom. The van der Waals surface area contributed by atoms with E-state index in [2.05, 4.69) is 4.98 Å². The molecule has 0 atom stereocenters. The zero-order valence-electron chi connectivity index (χ0n) is 8.59. The molecule has 0 aliphatic heterocycles.